The molecule has 0 aliphatic heterocycles. The van der Waals surface area contributed by atoms with Crippen LogP contribution in [-0.2, 0) is 10.3 Å². The van der Waals surface area contributed by atoms with Crippen molar-refractivity contribution < 1.29 is 9.26 Å². The van der Waals surface area contributed by atoms with Crippen LogP contribution in [0.25, 0.3) is 0 Å². The molecule has 0 aliphatic carbocycles. The number of hydrogen-bond acceptors (Lipinski definition) is 5. The molecule has 0 amide bonds. The van der Waals surface area contributed by atoms with Gasteiger partial charge < -0.3 is 15.0 Å². The number of rotatable bonds is 5. The van der Waals surface area contributed by atoms with Gasteiger partial charge in [-0.05, 0) is 13.3 Å². The Hall–Kier alpha value is -0.940. The molecule has 5 heteroatoms. The van der Waals surface area contributed by atoms with Crippen molar-refractivity contribution >= 4 is 0 Å². The van der Waals surface area contributed by atoms with E-state index in [9.17, 15) is 0 Å². The maximum absolute atomic E-state index is 5.53. The van der Waals surface area contributed by atoms with E-state index >= 15 is 0 Å². The molecule has 0 bridgehead atoms. The molecule has 15 heavy (non-hydrogen) atoms. The number of nitrogens with two attached hydrogens (primary N) is 1. The lowest BCUT2D eigenvalue weighted by atomic mass is 10.0. The van der Waals surface area contributed by atoms with Crippen molar-refractivity contribution in [3.05, 3.63) is 11.7 Å². The highest BCUT2D eigenvalue weighted by molar-refractivity contribution is 5.01. The summed E-state index contributed by atoms with van der Waals surface area (Å²) in [7, 11) is 1.64. The minimum atomic E-state index is -0.476. The molecule has 0 saturated heterocycles. The molecule has 0 aliphatic rings. The average molecular weight is 213 g/mol. The SMILES string of the molecule is CCC(C)(OC)c1noc(C(C)CN)n1. The molecule has 2 N–H and O–H groups in total. The Kier molecular flexibility index (Phi) is 3.82. The van der Waals surface area contributed by atoms with Crippen LogP contribution in [0, 0.1) is 0 Å². The van der Waals surface area contributed by atoms with Gasteiger partial charge >= 0.3 is 0 Å². The third-order valence-electron chi connectivity index (χ3n) is 2.82. The Labute approximate surface area is 90.0 Å². The second-order valence-corrected chi connectivity index (χ2v) is 3.88. The molecular weight excluding hydrogens is 194 g/mol. The van der Waals surface area contributed by atoms with Gasteiger partial charge in [0.2, 0.25) is 11.7 Å². The summed E-state index contributed by atoms with van der Waals surface area (Å²) in [6.07, 6.45) is 0.791. The van der Waals surface area contributed by atoms with Crippen molar-refractivity contribution in [1.82, 2.24) is 10.1 Å². The van der Waals surface area contributed by atoms with Crippen molar-refractivity contribution in [2.75, 3.05) is 13.7 Å². The van der Waals surface area contributed by atoms with Crippen molar-refractivity contribution in [3.8, 4) is 0 Å². The standard InChI is InChI=1S/C10H19N3O2/c1-5-10(3,14-4)9-12-8(15-13-9)7(2)6-11/h7H,5-6,11H2,1-4H3. The number of nitrogens with zero attached hydrogens (tertiary/aromatic N) is 2. The Balaban J connectivity index is 2.92. The molecule has 0 aromatic carbocycles. The molecule has 5 nitrogen and oxygen atoms in total. The van der Waals surface area contributed by atoms with Gasteiger partial charge in [0, 0.05) is 19.6 Å². The van der Waals surface area contributed by atoms with Gasteiger partial charge in [0.05, 0.1) is 0 Å². The van der Waals surface area contributed by atoms with Crippen molar-refractivity contribution in [2.45, 2.75) is 38.7 Å². The minimum Gasteiger partial charge on any atom is -0.370 e. The first-order valence-corrected chi connectivity index (χ1v) is 5.16. The first kappa shape index (κ1) is 12.1. The molecule has 1 aromatic rings. The van der Waals surface area contributed by atoms with E-state index in [0.717, 1.165) is 6.42 Å². The molecule has 1 heterocycles. The van der Waals surface area contributed by atoms with E-state index in [1.54, 1.807) is 7.11 Å². The van der Waals surface area contributed by atoms with Gasteiger partial charge in [0.25, 0.3) is 0 Å². The molecule has 0 fully saturated rings. The van der Waals surface area contributed by atoms with Crippen LogP contribution in [0.5, 0.6) is 0 Å². The van der Waals surface area contributed by atoms with Gasteiger partial charge in [-0.1, -0.05) is 19.0 Å². The topological polar surface area (TPSA) is 74.2 Å². The average Bonchev–Trinajstić information content (AvgIpc) is 2.76. The summed E-state index contributed by atoms with van der Waals surface area (Å²) in [6.45, 7) is 6.41. The lowest BCUT2D eigenvalue weighted by Gasteiger charge is -2.21. The zero-order chi connectivity index (χ0) is 11.5. The molecular formula is C10H19N3O2. The smallest absolute Gasteiger partial charge is 0.230 e. The first-order valence-electron chi connectivity index (χ1n) is 5.16. The summed E-state index contributed by atoms with van der Waals surface area (Å²) in [5.41, 5.74) is 5.05. The quantitative estimate of drug-likeness (QED) is 0.800. The van der Waals surface area contributed by atoms with Crippen LogP contribution in [0.3, 0.4) is 0 Å². The lowest BCUT2D eigenvalue weighted by Crippen LogP contribution is -2.25. The molecule has 1 rings (SSSR count). The minimum absolute atomic E-state index is 0.0872. The Morgan fingerprint density at radius 2 is 2.27 bits per heavy atom. The summed E-state index contributed by atoms with van der Waals surface area (Å²) in [4.78, 5) is 4.31. The highest BCUT2D eigenvalue weighted by atomic mass is 16.5. The number of methoxy groups -OCH3 is 1. The fourth-order valence-electron chi connectivity index (χ4n) is 1.14. The maximum atomic E-state index is 5.53. The largest absolute Gasteiger partial charge is 0.370 e. The van der Waals surface area contributed by atoms with Gasteiger partial charge in [-0.3, -0.25) is 0 Å². The lowest BCUT2D eigenvalue weighted by molar-refractivity contribution is -0.0106. The Morgan fingerprint density at radius 1 is 1.60 bits per heavy atom. The van der Waals surface area contributed by atoms with Crippen LogP contribution in [-0.4, -0.2) is 23.8 Å². The molecule has 1 aromatic heterocycles. The van der Waals surface area contributed by atoms with Gasteiger partial charge in [0.15, 0.2) is 0 Å². The van der Waals surface area contributed by atoms with Crippen molar-refractivity contribution in [2.24, 2.45) is 5.73 Å². The van der Waals surface area contributed by atoms with E-state index in [2.05, 4.69) is 10.1 Å². The van der Waals surface area contributed by atoms with Crippen LogP contribution in [0.2, 0.25) is 0 Å². The van der Waals surface area contributed by atoms with Crippen LogP contribution in [0.1, 0.15) is 44.8 Å². The summed E-state index contributed by atoms with van der Waals surface area (Å²) < 4.78 is 10.5. The molecule has 2 atom stereocenters. The van der Waals surface area contributed by atoms with E-state index < -0.39 is 5.60 Å². The Bertz CT molecular complexity index is 307. The van der Waals surface area contributed by atoms with E-state index in [0.29, 0.717) is 18.3 Å². The van der Waals surface area contributed by atoms with E-state index in [4.69, 9.17) is 15.0 Å². The Morgan fingerprint density at radius 3 is 2.73 bits per heavy atom. The highest BCUT2D eigenvalue weighted by Crippen LogP contribution is 2.26. The van der Waals surface area contributed by atoms with Gasteiger partial charge in [0.1, 0.15) is 5.60 Å². The van der Waals surface area contributed by atoms with Gasteiger partial charge in [-0.25, -0.2) is 0 Å². The monoisotopic (exact) mass is 213 g/mol. The summed E-state index contributed by atoms with van der Waals surface area (Å²) >= 11 is 0. The summed E-state index contributed by atoms with van der Waals surface area (Å²) in [5.74, 6) is 1.25. The fraction of sp³-hybridized carbons (Fsp3) is 0.800. The van der Waals surface area contributed by atoms with E-state index in [1.807, 2.05) is 20.8 Å². The predicted molar refractivity (Wildman–Crippen MR) is 56.4 cm³/mol. The summed E-state index contributed by atoms with van der Waals surface area (Å²) in [6, 6.07) is 0. The maximum Gasteiger partial charge on any atom is 0.230 e. The van der Waals surface area contributed by atoms with E-state index in [1.165, 1.54) is 0 Å². The van der Waals surface area contributed by atoms with Gasteiger partial charge in [-0.2, -0.15) is 4.98 Å². The zero-order valence-corrected chi connectivity index (χ0v) is 9.78. The first-order chi connectivity index (χ1) is 7.07. The van der Waals surface area contributed by atoms with Crippen molar-refractivity contribution in [1.29, 1.82) is 0 Å². The molecule has 2 unspecified atom stereocenters. The second-order valence-electron chi connectivity index (χ2n) is 3.88. The molecule has 86 valence electrons. The number of hydrogen-bond donors (Lipinski definition) is 1. The third kappa shape index (κ3) is 2.35. The van der Waals surface area contributed by atoms with E-state index in [-0.39, 0.29) is 5.92 Å². The predicted octanol–water partition coefficient (Wildman–Crippen LogP) is 1.40. The second kappa shape index (κ2) is 4.72. The van der Waals surface area contributed by atoms with Crippen LogP contribution >= 0.6 is 0 Å². The zero-order valence-electron chi connectivity index (χ0n) is 9.78. The fourth-order valence-corrected chi connectivity index (χ4v) is 1.14. The van der Waals surface area contributed by atoms with Crippen LogP contribution in [0.4, 0.5) is 0 Å². The third-order valence-corrected chi connectivity index (χ3v) is 2.82. The van der Waals surface area contributed by atoms with Gasteiger partial charge in [-0.15, -0.1) is 0 Å². The number of ether oxygens (including phenoxy) is 1. The highest BCUT2D eigenvalue weighted by Gasteiger charge is 2.30. The molecule has 0 radical (unpaired) electrons. The molecule has 0 saturated carbocycles. The number of aromatic nitrogens is 2. The van der Waals surface area contributed by atoms with Crippen LogP contribution in [0.15, 0.2) is 4.52 Å². The molecule has 0 spiro atoms. The summed E-state index contributed by atoms with van der Waals surface area (Å²) in [5, 5.41) is 3.93. The van der Waals surface area contributed by atoms with Crippen LogP contribution < -0.4 is 5.73 Å². The van der Waals surface area contributed by atoms with Crippen molar-refractivity contribution in [3.63, 3.8) is 0 Å². The normalized spacial score (nSPS) is 17.4.